The molecule has 0 radical (unpaired) electrons. The molecule has 4 nitrogen and oxygen atoms in total. The first-order valence-corrected chi connectivity index (χ1v) is 10.9. The summed E-state index contributed by atoms with van der Waals surface area (Å²) in [5.41, 5.74) is 2.57. The summed E-state index contributed by atoms with van der Waals surface area (Å²) in [5.74, 6) is 1.35. The van der Waals surface area contributed by atoms with Crippen molar-refractivity contribution in [2.75, 3.05) is 26.2 Å². The van der Waals surface area contributed by atoms with Gasteiger partial charge >= 0.3 is 0 Å². The van der Waals surface area contributed by atoms with Crippen LogP contribution in [0.2, 0.25) is 0 Å². The van der Waals surface area contributed by atoms with Gasteiger partial charge < -0.3 is 9.64 Å². The van der Waals surface area contributed by atoms with Gasteiger partial charge in [-0.1, -0.05) is 56.3 Å². The van der Waals surface area contributed by atoms with Crippen molar-refractivity contribution < 1.29 is 9.53 Å². The maximum Gasteiger partial charge on any atom is 0.260 e. The molecule has 1 aliphatic heterocycles. The van der Waals surface area contributed by atoms with E-state index < -0.39 is 0 Å². The van der Waals surface area contributed by atoms with Crippen molar-refractivity contribution in [2.45, 2.75) is 51.1 Å². The van der Waals surface area contributed by atoms with Gasteiger partial charge in [-0.25, -0.2) is 0 Å². The third-order valence-corrected chi connectivity index (χ3v) is 6.12. The average Bonchev–Trinajstić information content (AvgIpc) is 3.58. The summed E-state index contributed by atoms with van der Waals surface area (Å²) in [6.07, 6.45) is 3.52. The summed E-state index contributed by atoms with van der Waals surface area (Å²) >= 11 is 0. The topological polar surface area (TPSA) is 32.8 Å². The number of carbonyl (C=O) groups is 1. The van der Waals surface area contributed by atoms with Crippen LogP contribution in [0.1, 0.15) is 43.7 Å². The van der Waals surface area contributed by atoms with E-state index in [2.05, 4.69) is 55.1 Å². The molecule has 1 atom stereocenters. The van der Waals surface area contributed by atoms with Crippen LogP contribution in [-0.2, 0) is 11.2 Å². The van der Waals surface area contributed by atoms with Crippen LogP contribution in [0.3, 0.4) is 0 Å². The number of carbonyl (C=O) groups excluding carboxylic acids is 1. The molecule has 1 saturated heterocycles. The minimum atomic E-state index is 0.0920. The molecule has 2 aromatic rings. The number of piperazine rings is 1. The third-order valence-electron chi connectivity index (χ3n) is 6.12. The van der Waals surface area contributed by atoms with E-state index in [9.17, 15) is 4.79 Å². The molecule has 2 aliphatic rings. The maximum absolute atomic E-state index is 13.0. The molecule has 1 heterocycles. The normalized spacial score (nSPS) is 20.1. The smallest absolute Gasteiger partial charge is 0.260 e. The van der Waals surface area contributed by atoms with E-state index in [0.29, 0.717) is 5.92 Å². The Bertz CT molecular complexity index is 799. The highest BCUT2D eigenvalue weighted by molar-refractivity contribution is 5.78. The Balaban J connectivity index is 1.39. The quantitative estimate of drug-likeness (QED) is 0.711. The molecule has 0 spiro atoms. The van der Waals surface area contributed by atoms with Crippen LogP contribution in [0.5, 0.6) is 5.75 Å². The van der Waals surface area contributed by atoms with Gasteiger partial charge in [0.2, 0.25) is 0 Å². The van der Waals surface area contributed by atoms with E-state index in [1.807, 2.05) is 23.1 Å². The average molecular weight is 393 g/mol. The number of hydrogen-bond acceptors (Lipinski definition) is 3. The van der Waals surface area contributed by atoms with Gasteiger partial charge in [-0.3, -0.25) is 9.69 Å². The fourth-order valence-corrected chi connectivity index (χ4v) is 4.22. The van der Waals surface area contributed by atoms with E-state index in [-0.39, 0.29) is 18.6 Å². The second-order valence-electron chi connectivity index (χ2n) is 8.67. The molecule has 1 aliphatic carbocycles. The summed E-state index contributed by atoms with van der Waals surface area (Å²) in [4.78, 5) is 17.6. The highest BCUT2D eigenvalue weighted by atomic mass is 16.5. The van der Waals surface area contributed by atoms with E-state index in [1.165, 1.54) is 24.0 Å². The zero-order valence-corrected chi connectivity index (χ0v) is 17.6. The molecule has 0 N–H and O–H groups in total. The Kier molecular flexibility index (Phi) is 6.19. The minimum Gasteiger partial charge on any atom is -0.484 e. The van der Waals surface area contributed by atoms with Gasteiger partial charge in [0.05, 0.1) is 0 Å². The van der Waals surface area contributed by atoms with Gasteiger partial charge in [-0.05, 0) is 48.4 Å². The first kappa shape index (κ1) is 20.0. The fraction of sp³-hybridized carbons (Fsp3) is 0.480. The van der Waals surface area contributed by atoms with Crippen molar-refractivity contribution in [3.63, 3.8) is 0 Å². The standard InChI is InChI=1S/C25H32N2O2/c1-19(2)21-8-12-24(13-9-21)29-18-25(28)27-15-14-26(22-10-11-22)17-23(27)16-20-6-4-3-5-7-20/h3-9,12-13,19,22-23H,10-11,14-18H2,1-2H3. The second kappa shape index (κ2) is 9.00. The lowest BCUT2D eigenvalue weighted by Crippen LogP contribution is -2.57. The molecule has 2 aromatic carbocycles. The zero-order valence-electron chi connectivity index (χ0n) is 17.6. The predicted molar refractivity (Wildman–Crippen MR) is 116 cm³/mol. The lowest BCUT2D eigenvalue weighted by Gasteiger charge is -2.41. The molecule has 4 heteroatoms. The Labute approximate surface area is 174 Å². The van der Waals surface area contributed by atoms with Gasteiger partial charge in [-0.15, -0.1) is 0 Å². The van der Waals surface area contributed by atoms with Crippen molar-refractivity contribution in [1.29, 1.82) is 0 Å². The molecule has 1 unspecified atom stereocenters. The number of rotatable bonds is 7. The van der Waals surface area contributed by atoms with Crippen molar-refractivity contribution >= 4 is 5.91 Å². The zero-order chi connectivity index (χ0) is 20.2. The molecule has 1 saturated carbocycles. The fourth-order valence-electron chi connectivity index (χ4n) is 4.22. The number of amides is 1. The number of ether oxygens (including phenoxy) is 1. The molecule has 154 valence electrons. The van der Waals surface area contributed by atoms with Crippen LogP contribution in [0, 0.1) is 0 Å². The van der Waals surface area contributed by atoms with E-state index in [0.717, 1.165) is 37.8 Å². The van der Waals surface area contributed by atoms with Gasteiger partial charge in [-0.2, -0.15) is 0 Å². The summed E-state index contributed by atoms with van der Waals surface area (Å²) in [7, 11) is 0. The van der Waals surface area contributed by atoms with Crippen LogP contribution in [0.15, 0.2) is 54.6 Å². The molecular formula is C25H32N2O2. The summed E-state index contributed by atoms with van der Waals surface area (Å²) in [5, 5.41) is 0. The molecular weight excluding hydrogens is 360 g/mol. The van der Waals surface area contributed by atoms with Gasteiger partial charge in [0.15, 0.2) is 6.61 Å². The Morgan fingerprint density at radius 1 is 1.03 bits per heavy atom. The van der Waals surface area contributed by atoms with Gasteiger partial charge in [0.25, 0.3) is 5.91 Å². The number of nitrogens with zero attached hydrogens (tertiary/aromatic N) is 2. The lowest BCUT2D eigenvalue weighted by atomic mass is 10.0. The highest BCUT2D eigenvalue weighted by Crippen LogP contribution is 2.29. The maximum atomic E-state index is 13.0. The Hall–Kier alpha value is -2.33. The van der Waals surface area contributed by atoms with Crippen LogP contribution in [-0.4, -0.2) is 54.0 Å². The molecule has 1 amide bonds. The van der Waals surface area contributed by atoms with Gasteiger partial charge in [0.1, 0.15) is 5.75 Å². The SMILES string of the molecule is CC(C)c1ccc(OCC(=O)N2CCN(C3CC3)CC2Cc2ccccc2)cc1. The molecule has 0 bridgehead atoms. The van der Waals surface area contributed by atoms with Crippen molar-refractivity contribution in [3.8, 4) is 5.75 Å². The summed E-state index contributed by atoms with van der Waals surface area (Å²) in [6, 6.07) is 19.6. The van der Waals surface area contributed by atoms with Crippen molar-refractivity contribution in [3.05, 3.63) is 65.7 Å². The van der Waals surface area contributed by atoms with E-state index in [4.69, 9.17) is 4.74 Å². The largest absolute Gasteiger partial charge is 0.484 e. The third kappa shape index (κ3) is 5.18. The van der Waals surface area contributed by atoms with E-state index in [1.54, 1.807) is 0 Å². The molecule has 29 heavy (non-hydrogen) atoms. The summed E-state index contributed by atoms with van der Waals surface area (Å²) in [6.45, 7) is 7.19. The highest BCUT2D eigenvalue weighted by Gasteiger charge is 2.37. The van der Waals surface area contributed by atoms with Crippen molar-refractivity contribution in [2.24, 2.45) is 0 Å². The monoisotopic (exact) mass is 392 g/mol. The minimum absolute atomic E-state index is 0.0920. The summed E-state index contributed by atoms with van der Waals surface area (Å²) < 4.78 is 5.84. The van der Waals surface area contributed by atoms with Gasteiger partial charge in [0, 0.05) is 31.7 Å². The van der Waals surface area contributed by atoms with Crippen LogP contribution in [0.4, 0.5) is 0 Å². The number of hydrogen-bond donors (Lipinski definition) is 0. The van der Waals surface area contributed by atoms with Crippen LogP contribution in [0.25, 0.3) is 0 Å². The second-order valence-corrected chi connectivity index (χ2v) is 8.67. The van der Waals surface area contributed by atoms with Crippen molar-refractivity contribution in [1.82, 2.24) is 9.80 Å². The molecule has 0 aromatic heterocycles. The van der Waals surface area contributed by atoms with Crippen LogP contribution < -0.4 is 4.74 Å². The molecule has 4 rings (SSSR count). The first-order valence-electron chi connectivity index (χ1n) is 10.9. The Morgan fingerprint density at radius 2 is 1.76 bits per heavy atom. The Morgan fingerprint density at radius 3 is 2.41 bits per heavy atom. The number of benzene rings is 2. The predicted octanol–water partition coefficient (Wildman–Crippen LogP) is 4.11. The van der Waals surface area contributed by atoms with Crippen LogP contribution >= 0.6 is 0 Å². The van der Waals surface area contributed by atoms with E-state index >= 15 is 0 Å². The first-order chi connectivity index (χ1) is 14.1. The molecule has 2 fully saturated rings. The lowest BCUT2D eigenvalue weighted by molar-refractivity contribution is -0.138.